The van der Waals surface area contributed by atoms with Crippen molar-refractivity contribution in [1.29, 1.82) is 0 Å². The number of aromatic nitrogens is 5. The lowest BCUT2D eigenvalue weighted by Gasteiger charge is -2.08. The van der Waals surface area contributed by atoms with Crippen molar-refractivity contribution in [3.05, 3.63) is 82.0 Å². The van der Waals surface area contributed by atoms with Crippen molar-refractivity contribution >= 4 is 28.3 Å². The van der Waals surface area contributed by atoms with E-state index in [0.29, 0.717) is 22.5 Å². The lowest BCUT2D eigenvalue weighted by atomic mass is 10.1. The molecule has 4 rings (SSSR count). The predicted molar refractivity (Wildman–Crippen MR) is 112 cm³/mol. The van der Waals surface area contributed by atoms with Crippen LogP contribution in [-0.4, -0.2) is 36.1 Å². The molecule has 8 heteroatoms. The highest BCUT2D eigenvalue weighted by molar-refractivity contribution is 7.99. The lowest BCUT2D eigenvalue weighted by Crippen LogP contribution is -2.21. The second kappa shape index (κ2) is 8.00. The molecule has 0 fully saturated rings. The Morgan fingerprint density at radius 1 is 0.966 bits per heavy atom. The molecule has 0 bridgehead atoms. The molecule has 2 heterocycles. The van der Waals surface area contributed by atoms with Crippen LogP contribution in [0, 0.1) is 0 Å². The number of nitrogens with zero attached hydrogens (tertiary/aromatic N) is 5. The molecule has 0 radical (unpaired) electrons. The number of benzene rings is 2. The summed E-state index contributed by atoms with van der Waals surface area (Å²) in [5.74, 6) is 1.05. The molecule has 0 aliphatic carbocycles. The van der Waals surface area contributed by atoms with E-state index in [-0.39, 0.29) is 17.1 Å². The van der Waals surface area contributed by atoms with E-state index >= 15 is 0 Å². The second-order valence-electron chi connectivity index (χ2n) is 6.63. The van der Waals surface area contributed by atoms with Gasteiger partial charge in [0.2, 0.25) is 0 Å². The first-order valence-corrected chi connectivity index (χ1v) is 10.1. The number of carbonyl (C=O) groups is 1. The number of carbonyl (C=O) groups excluding carboxylic acids is 1. The van der Waals surface area contributed by atoms with E-state index in [2.05, 4.69) is 15.3 Å². The van der Waals surface area contributed by atoms with Crippen LogP contribution >= 0.6 is 11.8 Å². The zero-order valence-corrected chi connectivity index (χ0v) is 16.9. The number of aryl methyl sites for hydroxylation is 1. The molecule has 0 unspecified atom stereocenters. The summed E-state index contributed by atoms with van der Waals surface area (Å²) in [6.45, 7) is 0. The summed E-state index contributed by atoms with van der Waals surface area (Å²) < 4.78 is 3.22. The van der Waals surface area contributed by atoms with E-state index in [4.69, 9.17) is 0 Å². The van der Waals surface area contributed by atoms with Gasteiger partial charge in [-0.2, -0.15) is 5.10 Å². The zero-order valence-electron chi connectivity index (χ0n) is 16.1. The molecule has 2 aromatic heterocycles. The summed E-state index contributed by atoms with van der Waals surface area (Å²) >= 11 is 1.35. The minimum Gasteiger partial charge on any atom is -0.309 e. The Labute approximate surface area is 171 Å². The Kier molecular flexibility index (Phi) is 5.26. The normalized spacial score (nSPS) is 11.1. The van der Waals surface area contributed by atoms with Gasteiger partial charge < -0.3 is 4.57 Å². The maximum Gasteiger partial charge on any atom is 0.274 e. The molecule has 146 valence electrons. The van der Waals surface area contributed by atoms with Gasteiger partial charge in [-0.1, -0.05) is 60.3 Å². The van der Waals surface area contributed by atoms with Crippen molar-refractivity contribution in [2.75, 3.05) is 5.75 Å². The molecule has 29 heavy (non-hydrogen) atoms. The largest absolute Gasteiger partial charge is 0.309 e. The van der Waals surface area contributed by atoms with Crippen LogP contribution in [0.3, 0.4) is 0 Å². The van der Waals surface area contributed by atoms with Crippen LogP contribution in [0.1, 0.15) is 21.9 Å². The third-order valence-corrected chi connectivity index (χ3v) is 5.73. The van der Waals surface area contributed by atoms with Crippen molar-refractivity contribution in [2.45, 2.75) is 11.6 Å². The summed E-state index contributed by atoms with van der Waals surface area (Å²) in [4.78, 5) is 24.6. The van der Waals surface area contributed by atoms with Crippen molar-refractivity contribution in [3.63, 3.8) is 0 Å². The minimum absolute atomic E-state index is 0.0471. The fourth-order valence-electron chi connectivity index (χ4n) is 3.12. The number of fused-ring (bicyclic) bond motifs is 1. The molecule has 0 aliphatic rings. The van der Waals surface area contributed by atoms with Crippen LogP contribution < -0.4 is 5.56 Å². The summed E-state index contributed by atoms with van der Waals surface area (Å²) in [7, 11) is 3.51. The highest BCUT2D eigenvalue weighted by Crippen LogP contribution is 2.20. The SMILES string of the molecule is Cn1c(Cc2nn(C)c(=O)c3ccccc23)nnc1SCC(=O)c1ccccc1. The fourth-order valence-corrected chi connectivity index (χ4v) is 3.94. The number of Topliss-reactive ketones (excluding diaryl/α,β-unsaturated/α-hetero) is 1. The molecular formula is C21H19N5O2S. The predicted octanol–water partition coefficient (Wildman–Crippen LogP) is 2.63. The van der Waals surface area contributed by atoms with Gasteiger partial charge in [-0.15, -0.1) is 10.2 Å². The average Bonchev–Trinajstić information content (AvgIpc) is 3.10. The zero-order chi connectivity index (χ0) is 20.4. The van der Waals surface area contributed by atoms with Crippen LogP contribution in [0.25, 0.3) is 10.8 Å². The highest BCUT2D eigenvalue weighted by atomic mass is 32.2. The van der Waals surface area contributed by atoms with Gasteiger partial charge in [0.15, 0.2) is 10.9 Å². The van der Waals surface area contributed by atoms with Crippen LogP contribution in [-0.2, 0) is 20.5 Å². The van der Waals surface area contributed by atoms with Gasteiger partial charge in [-0.3, -0.25) is 9.59 Å². The Bertz CT molecular complexity index is 1250. The van der Waals surface area contributed by atoms with Crippen LogP contribution in [0.2, 0.25) is 0 Å². The number of thioether (sulfide) groups is 1. The first kappa shape index (κ1) is 19.1. The Balaban J connectivity index is 1.56. The maximum absolute atomic E-state index is 12.3. The van der Waals surface area contributed by atoms with Crippen LogP contribution in [0.5, 0.6) is 0 Å². The van der Waals surface area contributed by atoms with Crippen molar-refractivity contribution in [3.8, 4) is 0 Å². The smallest absolute Gasteiger partial charge is 0.274 e. The van der Waals surface area contributed by atoms with Gasteiger partial charge in [0.25, 0.3) is 5.56 Å². The number of rotatable bonds is 6. The summed E-state index contributed by atoms with van der Waals surface area (Å²) in [6.07, 6.45) is 0.436. The first-order chi connectivity index (χ1) is 14.0. The van der Waals surface area contributed by atoms with Crippen molar-refractivity contribution in [1.82, 2.24) is 24.5 Å². The van der Waals surface area contributed by atoms with Gasteiger partial charge in [-0.05, 0) is 6.07 Å². The number of hydrogen-bond donors (Lipinski definition) is 0. The molecule has 0 atom stereocenters. The molecule has 0 saturated heterocycles. The molecule has 7 nitrogen and oxygen atoms in total. The standard InChI is InChI=1S/C21H19N5O2S/c1-25-19(12-17-15-10-6-7-11-16(15)20(28)26(2)24-17)22-23-21(25)29-13-18(27)14-8-4-3-5-9-14/h3-11H,12-13H2,1-2H3. The number of ketones is 1. The topological polar surface area (TPSA) is 82.7 Å². The summed E-state index contributed by atoms with van der Waals surface area (Å²) in [5, 5.41) is 15.0. The van der Waals surface area contributed by atoms with Gasteiger partial charge in [0.05, 0.1) is 23.3 Å². The molecule has 0 amide bonds. The summed E-state index contributed by atoms with van der Waals surface area (Å²) in [5.41, 5.74) is 1.32. The van der Waals surface area contributed by atoms with E-state index in [9.17, 15) is 9.59 Å². The molecular weight excluding hydrogens is 386 g/mol. The lowest BCUT2D eigenvalue weighted by molar-refractivity contribution is 0.102. The number of hydrogen-bond acceptors (Lipinski definition) is 6. The van der Waals surface area contributed by atoms with E-state index in [1.165, 1.54) is 16.4 Å². The van der Waals surface area contributed by atoms with Gasteiger partial charge in [-0.25, -0.2) is 4.68 Å². The van der Waals surface area contributed by atoms with E-state index < -0.39 is 0 Å². The molecule has 4 aromatic rings. The van der Waals surface area contributed by atoms with Gasteiger partial charge in [0, 0.05) is 25.0 Å². The summed E-state index contributed by atoms with van der Waals surface area (Å²) in [6, 6.07) is 16.6. The third kappa shape index (κ3) is 3.84. The highest BCUT2D eigenvalue weighted by Gasteiger charge is 2.16. The Morgan fingerprint density at radius 2 is 1.66 bits per heavy atom. The molecule has 0 spiro atoms. The Hall–Kier alpha value is -3.26. The van der Waals surface area contributed by atoms with Gasteiger partial charge in [0.1, 0.15) is 5.82 Å². The van der Waals surface area contributed by atoms with Crippen molar-refractivity contribution < 1.29 is 4.79 Å². The van der Waals surface area contributed by atoms with Crippen molar-refractivity contribution in [2.24, 2.45) is 14.1 Å². The monoisotopic (exact) mass is 405 g/mol. The molecule has 0 N–H and O–H groups in total. The van der Waals surface area contributed by atoms with Crippen LogP contribution in [0.15, 0.2) is 64.5 Å². The van der Waals surface area contributed by atoms with E-state index in [1.807, 2.05) is 48.0 Å². The third-order valence-electron chi connectivity index (χ3n) is 4.71. The molecule has 0 aliphatic heterocycles. The fraction of sp³-hybridized carbons (Fsp3) is 0.190. The van der Waals surface area contributed by atoms with E-state index in [1.54, 1.807) is 25.2 Å². The average molecular weight is 405 g/mol. The Morgan fingerprint density at radius 3 is 2.41 bits per heavy atom. The second-order valence-corrected chi connectivity index (χ2v) is 7.58. The van der Waals surface area contributed by atoms with E-state index in [0.717, 1.165) is 16.9 Å². The van der Waals surface area contributed by atoms with Crippen LogP contribution in [0.4, 0.5) is 0 Å². The molecule has 2 aromatic carbocycles. The van der Waals surface area contributed by atoms with Gasteiger partial charge >= 0.3 is 0 Å². The first-order valence-electron chi connectivity index (χ1n) is 9.09. The molecule has 0 saturated carbocycles. The maximum atomic E-state index is 12.3. The minimum atomic E-state index is -0.127. The quantitative estimate of drug-likeness (QED) is 0.362.